The molecule has 0 saturated carbocycles. The number of nitrogens with zero attached hydrogens (tertiary/aromatic N) is 3. The van der Waals surface area contributed by atoms with Gasteiger partial charge in [-0.2, -0.15) is 0 Å². The Hall–Kier alpha value is -6.52. The molecule has 0 saturated heterocycles. The van der Waals surface area contributed by atoms with Crippen LogP contribution in [-0.4, -0.2) is 14.5 Å². The van der Waals surface area contributed by atoms with Crippen LogP contribution in [0.1, 0.15) is 0 Å². The molecule has 11 rings (SSSR count). The normalized spacial score (nSPS) is 12.2. The quantitative estimate of drug-likeness (QED) is 0.200. The summed E-state index contributed by atoms with van der Waals surface area (Å²) in [6.45, 7) is 0. The Kier molecular flexibility index (Phi) is 5.08. The molecule has 4 heteroatoms. The molecule has 0 unspecified atom stereocenters. The topological polar surface area (TPSA) is 43.9 Å². The lowest BCUT2D eigenvalue weighted by atomic mass is 9.89. The van der Waals surface area contributed by atoms with Crippen LogP contribution in [0.4, 0.5) is 0 Å². The molecule has 48 heavy (non-hydrogen) atoms. The lowest BCUT2D eigenvalue weighted by Gasteiger charge is -2.17. The summed E-state index contributed by atoms with van der Waals surface area (Å²) in [6.07, 6.45) is 0. The van der Waals surface area contributed by atoms with Crippen molar-refractivity contribution < 1.29 is 4.42 Å². The minimum absolute atomic E-state index is 0.536. The van der Waals surface area contributed by atoms with Crippen LogP contribution in [0.15, 0.2) is 156 Å². The molecule has 0 bridgehead atoms. The zero-order valence-electron chi connectivity index (χ0n) is 25.7. The average molecular weight is 612 g/mol. The SMILES string of the molecule is c1ccc(-c2ccc3c4c2-c2cccc5cccc(c25)-c2cccc(c24)n3-c2nc3c(nc2-c2ccccc2)oc2ccccc23)cc1. The highest BCUT2D eigenvalue weighted by Gasteiger charge is 2.29. The highest BCUT2D eigenvalue weighted by atomic mass is 16.3. The number of hydrogen-bond donors (Lipinski definition) is 0. The summed E-state index contributed by atoms with van der Waals surface area (Å²) < 4.78 is 8.61. The number of benzene rings is 7. The van der Waals surface area contributed by atoms with Crippen molar-refractivity contribution in [3.63, 3.8) is 0 Å². The average Bonchev–Trinajstić information content (AvgIpc) is 3.65. The van der Waals surface area contributed by atoms with Gasteiger partial charge in [-0.25, -0.2) is 9.97 Å². The first kappa shape index (κ1) is 25.6. The third-order valence-corrected chi connectivity index (χ3v) is 9.96. The summed E-state index contributed by atoms with van der Waals surface area (Å²) in [6, 6.07) is 53.8. The van der Waals surface area contributed by atoms with E-state index in [0.29, 0.717) is 5.71 Å². The lowest BCUT2D eigenvalue weighted by molar-refractivity contribution is 0.653. The van der Waals surface area contributed by atoms with Crippen molar-refractivity contribution in [3.05, 3.63) is 152 Å². The highest BCUT2D eigenvalue weighted by Crippen LogP contribution is 2.52. The van der Waals surface area contributed by atoms with Gasteiger partial charge in [0.1, 0.15) is 16.8 Å². The van der Waals surface area contributed by atoms with Crippen LogP contribution >= 0.6 is 0 Å². The monoisotopic (exact) mass is 611 g/mol. The number of furan rings is 1. The molecule has 0 N–H and O–H groups in total. The number of rotatable bonds is 3. The molecule has 0 amide bonds. The summed E-state index contributed by atoms with van der Waals surface area (Å²) in [5.74, 6) is 0.780. The van der Waals surface area contributed by atoms with Crippen molar-refractivity contribution in [1.82, 2.24) is 14.5 Å². The maximum absolute atomic E-state index is 6.28. The van der Waals surface area contributed by atoms with E-state index in [0.717, 1.165) is 44.6 Å². The Balaban J connectivity index is 1.37. The van der Waals surface area contributed by atoms with E-state index in [1.807, 2.05) is 36.4 Å². The zero-order valence-corrected chi connectivity index (χ0v) is 25.7. The molecule has 0 radical (unpaired) electrons. The molecule has 7 aromatic carbocycles. The summed E-state index contributed by atoms with van der Waals surface area (Å²) in [7, 11) is 0. The van der Waals surface area contributed by atoms with Gasteiger partial charge in [0.2, 0.25) is 5.71 Å². The smallest absolute Gasteiger partial charge is 0.247 e. The Labute approximate surface area is 275 Å². The highest BCUT2D eigenvalue weighted by molar-refractivity contribution is 6.29. The van der Waals surface area contributed by atoms with Gasteiger partial charge >= 0.3 is 0 Å². The molecule has 1 aliphatic carbocycles. The van der Waals surface area contributed by atoms with Crippen LogP contribution in [0.3, 0.4) is 0 Å². The Morgan fingerprint density at radius 1 is 0.458 bits per heavy atom. The Morgan fingerprint density at radius 2 is 1.12 bits per heavy atom. The van der Waals surface area contributed by atoms with Crippen LogP contribution in [0.5, 0.6) is 0 Å². The number of para-hydroxylation sites is 1. The predicted octanol–water partition coefficient (Wildman–Crippen LogP) is 11.6. The van der Waals surface area contributed by atoms with Gasteiger partial charge in [-0.3, -0.25) is 4.57 Å². The molecule has 0 aliphatic heterocycles. The van der Waals surface area contributed by atoms with E-state index in [-0.39, 0.29) is 0 Å². The largest absolute Gasteiger partial charge is 0.436 e. The summed E-state index contributed by atoms with van der Waals surface area (Å²) in [4.78, 5) is 10.7. The molecule has 0 atom stereocenters. The molecule has 0 fully saturated rings. The van der Waals surface area contributed by atoms with Crippen LogP contribution in [0.25, 0.3) is 105 Å². The van der Waals surface area contributed by atoms with E-state index < -0.39 is 0 Å². The van der Waals surface area contributed by atoms with Crippen LogP contribution in [0.2, 0.25) is 0 Å². The van der Waals surface area contributed by atoms with Gasteiger partial charge in [-0.1, -0.05) is 127 Å². The fraction of sp³-hybridized carbons (Fsp3) is 0. The van der Waals surface area contributed by atoms with Gasteiger partial charge < -0.3 is 4.42 Å². The standard InChI is InChI=1S/C44H25N3O/c1-3-12-26(13-4-1)29-24-25-35-40-38(29)33-21-10-17-27-16-9-19-30(37(27)33)31-20-11-22-34(39(31)40)47(35)43-41(28-14-5-2-6-15-28)46-44-42(45-43)32-18-7-8-23-36(32)48-44/h1-25H. The fourth-order valence-corrected chi connectivity index (χ4v) is 7.97. The van der Waals surface area contributed by atoms with E-state index in [2.05, 4.69) is 120 Å². The van der Waals surface area contributed by atoms with E-state index in [1.54, 1.807) is 0 Å². The third-order valence-electron chi connectivity index (χ3n) is 9.96. The maximum Gasteiger partial charge on any atom is 0.247 e. The summed E-state index contributed by atoms with van der Waals surface area (Å²) >= 11 is 0. The summed E-state index contributed by atoms with van der Waals surface area (Å²) in [5.41, 5.74) is 13.4. The van der Waals surface area contributed by atoms with Gasteiger partial charge in [-0.05, 0) is 62.9 Å². The first-order valence-electron chi connectivity index (χ1n) is 16.3. The van der Waals surface area contributed by atoms with Gasteiger partial charge in [0.05, 0.1) is 11.0 Å². The van der Waals surface area contributed by atoms with Gasteiger partial charge in [0.25, 0.3) is 0 Å². The van der Waals surface area contributed by atoms with Crippen molar-refractivity contribution in [2.45, 2.75) is 0 Å². The third kappa shape index (κ3) is 3.38. The minimum Gasteiger partial charge on any atom is -0.436 e. The number of hydrogen-bond acceptors (Lipinski definition) is 3. The van der Waals surface area contributed by atoms with Gasteiger partial charge in [-0.15, -0.1) is 0 Å². The van der Waals surface area contributed by atoms with Crippen LogP contribution in [-0.2, 0) is 0 Å². The molecule has 0 spiro atoms. The second kappa shape index (κ2) is 9.50. The van der Waals surface area contributed by atoms with Crippen molar-refractivity contribution in [2.24, 2.45) is 0 Å². The van der Waals surface area contributed by atoms with Crippen molar-refractivity contribution in [2.75, 3.05) is 0 Å². The second-order valence-electron chi connectivity index (χ2n) is 12.5. The van der Waals surface area contributed by atoms with E-state index in [9.17, 15) is 0 Å². The van der Waals surface area contributed by atoms with Crippen LogP contribution < -0.4 is 0 Å². The summed E-state index contributed by atoms with van der Waals surface area (Å²) in [5, 5.41) is 5.93. The predicted molar refractivity (Wildman–Crippen MR) is 196 cm³/mol. The Morgan fingerprint density at radius 3 is 1.94 bits per heavy atom. The van der Waals surface area contributed by atoms with Crippen molar-refractivity contribution >= 4 is 54.8 Å². The zero-order chi connectivity index (χ0) is 31.3. The van der Waals surface area contributed by atoms with Crippen molar-refractivity contribution in [1.29, 1.82) is 0 Å². The van der Waals surface area contributed by atoms with E-state index in [4.69, 9.17) is 14.4 Å². The van der Waals surface area contributed by atoms with Crippen molar-refractivity contribution in [3.8, 4) is 50.5 Å². The van der Waals surface area contributed by atoms with Gasteiger partial charge in [0, 0.05) is 27.3 Å². The molecule has 1 aliphatic rings. The molecular weight excluding hydrogens is 587 g/mol. The Bertz CT molecular complexity index is 2930. The number of aromatic nitrogens is 3. The first-order valence-corrected chi connectivity index (χ1v) is 16.3. The first-order chi connectivity index (χ1) is 23.8. The number of fused-ring (bicyclic) bond motifs is 5. The molecule has 3 aromatic heterocycles. The fourth-order valence-electron chi connectivity index (χ4n) is 7.97. The molecular formula is C44H25N3O. The molecule has 3 heterocycles. The molecule has 10 aromatic rings. The maximum atomic E-state index is 6.28. The van der Waals surface area contributed by atoms with Crippen LogP contribution in [0, 0.1) is 0 Å². The second-order valence-corrected chi connectivity index (χ2v) is 12.5. The molecule has 222 valence electrons. The lowest BCUT2D eigenvalue weighted by Crippen LogP contribution is -2.03. The minimum atomic E-state index is 0.536. The van der Waals surface area contributed by atoms with E-state index in [1.165, 1.54) is 54.9 Å². The van der Waals surface area contributed by atoms with E-state index >= 15 is 0 Å². The van der Waals surface area contributed by atoms with Gasteiger partial charge in [0.15, 0.2) is 5.82 Å². The molecule has 4 nitrogen and oxygen atoms in total.